The Hall–Kier alpha value is -4.66. The maximum Gasteiger partial charge on any atom is 0.251 e. The summed E-state index contributed by atoms with van der Waals surface area (Å²) in [5.41, 5.74) is 6.50. The number of amides is 1. The van der Waals surface area contributed by atoms with E-state index in [9.17, 15) is 15.1 Å². The molecular weight excluding hydrogens is 590 g/mol. The van der Waals surface area contributed by atoms with Gasteiger partial charge in [-0.1, -0.05) is 43.7 Å². The highest BCUT2D eigenvalue weighted by molar-refractivity contribution is 6.07. The van der Waals surface area contributed by atoms with Crippen molar-refractivity contribution in [3.63, 3.8) is 0 Å². The van der Waals surface area contributed by atoms with E-state index in [1.807, 2.05) is 18.2 Å². The second-order valence-electron chi connectivity index (χ2n) is 12.4. The number of pyridine rings is 1. The van der Waals surface area contributed by atoms with Crippen LogP contribution in [0.5, 0.6) is 5.75 Å². The number of nitrogens with one attached hydrogen (secondary N) is 1. The van der Waals surface area contributed by atoms with Crippen LogP contribution in [0.4, 0.5) is 11.4 Å². The summed E-state index contributed by atoms with van der Waals surface area (Å²) in [4.78, 5) is 16.0. The van der Waals surface area contributed by atoms with Crippen molar-refractivity contribution in [2.24, 2.45) is 5.92 Å². The van der Waals surface area contributed by atoms with Gasteiger partial charge in [0.25, 0.3) is 5.91 Å². The molecule has 47 heavy (non-hydrogen) atoms. The van der Waals surface area contributed by atoms with Crippen LogP contribution in [0.15, 0.2) is 96.7 Å². The molecule has 2 heterocycles. The molecule has 2 aliphatic rings. The van der Waals surface area contributed by atoms with Crippen LogP contribution in [0.3, 0.4) is 0 Å². The van der Waals surface area contributed by atoms with Crippen molar-refractivity contribution in [3.05, 3.63) is 119 Å². The average Bonchev–Trinajstić information content (AvgIpc) is 3.94. The summed E-state index contributed by atoms with van der Waals surface area (Å²) in [6, 6.07) is 26.5. The second-order valence-corrected chi connectivity index (χ2v) is 12.4. The lowest BCUT2D eigenvalue weighted by Crippen LogP contribution is -2.32. The molecule has 3 aromatic carbocycles. The zero-order valence-corrected chi connectivity index (χ0v) is 26.9. The minimum absolute atomic E-state index is 0.149. The summed E-state index contributed by atoms with van der Waals surface area (Å²) >= 11 is 0. The largest absolute Gasteiger partial charge is 0.618 e. The normalized spacial score (nSPS) is 14.9. The Morgan fingerprint density at radius 3 is 2.53 bits per heavy atom. The standard InChI is InChI=1S/C39H43N3O5/c1-2-3-22-46-23-24-47-35-16-11-29(12-17-35)31-13-18-36-33(25-31)26-32(19-21-41(36)27-28-7-8-28)39(44)40-34-14-9-30(10-15-34)38(43)37-6-4-5-20-42(37)45/h4-6,9-18,20,25-26,28,38,43H,2-3,7-8,19,21-24,27H2,1H3,(H,40,44)/t38-/m0/s1. The van der Waals surface area contributed by atoms with Gasteiger partial charge in [0.1, 0.15) is 12.4 Å². The first-order chi connectivity index (χ1) is 23.0. The first-order valence-electron chi connectivity index (χ1n) is 16.7. The van der Waals surface area contributed by atoms with Gasteiger partial charge in [-0.25, -0.2) is 0 Å². The van der Waals surface area contributed by atoms with E-state index in [0.29, 0.717) is 47.1 Å². The first-order valence-corrected chi connectivity index (χ1v) is 16.7. The van der Waals surface area contributed by atoms with E-state index >= 15 is 0 Å². The van der Waals surface area contributed by atoms with E-state index in [1.165, 1.54) is 19.0 Å². The number of anilines is 2. The van der Waals surface area contributed by atoms with Crippen molar-refractivity contribution in [3.8, 4) is 16.9 Å². The minimum Gasteiger partial charge on any atom is -0.618 e. The van der Waals surface area contributed by atoms with Gasteiger partial charge in [-0.2, -0.15) is 4.73 Å². The lowest BCUT2D eigenvalue weighted by atomic mass is 10.00. The molecular formula is C39H43N3O5. The van der Waals surface area contributed by atoms with Crippen molar-refractivity contribution in [2.75, 3.05) is 43.1 Å². The number of aliphatic hydroxyl groups is 1. The van der Waals surface area contributed by atoms with Gasteiger partial charge < -0.3 is 30.0 Å². The molecule has 1 saturated carbocycles. The Labute approximate surface area is 276 Å². The molecule has 8 heteroatoms. The predicted octanol–water partition coefficient (Wildman–Crippen LogP) is 6.91. The van der Waals surface area contributed by atoms with Crippen LogP contribution in [-0.2, 0) is 9.53 Å². The van der Waals surface area contributed by atoms with Gasteiger partial charge in [-0.15, -0.1) is 0 Å². The van der Waals surface area contributed by atoms with Crippen LogP contribution >= 0.6 is 0 Å². The van der Waals surface area contributed by atoms with Crippen molar-refractivity contribution in [1.82, 2.24) is 0 Å². The van der Waals surface area contributed by atoms with Crippen LogP contribution in [0.25, 0.3) is 17.2 Å². The lowest BCUT2D eigenvalue weighted by molar-refractivity contribution is -0.617. The Bertz CT molecular complexity index is 1680. The molecule has 1 aliphatic carbocycles. The number of unbranched alkanes of at least 4 members (excludes halogenated alkanes) is 1. The van der Waals surface area contributed by atoms with Gasteiger partial charge in [0.15, 0.2) is 12.3 Å². The topological polar surface area (TPSA) is 98.0 Å². The molecule has 0 radical (unpaired) electrons. The van der Waals surface area contributed by atoms with Gasteiger partial charge >= 0.3 is 0 Å². The van der Waals surface area contributed by atoms with Crippen molar-refractivity contribution < 1.29 is 24.1 Å². The monoisotopic (exact) mass is 633 g/mol. The Morgan fingerprint density at radius 2 is 1.79 bits per heavy atom. The second kappa shape index (κ2) is 15.3. The molecule has 0 saturated heterocycles. The van der Waals surface area contributed by atoms with Crippen molar-refractivity contribution >= 4 is 23.4 Å². The third kappa shape index (κ3) is 8.39. The van der Waals surface area contributed by atoms with Gasteiger partial charge in [-0.05, 0) is 102 Å². The van der Waals surface area contributed by atoms with E-state index < -0.39 is 6.10 Å². The first kappa shape index (κ1) is 32.3. The number of hydrogen-bond donors (Lipinski definition) is 2. The van der Waals surface area contributed by atoms with Gasteiger partial charge in [0, 0.05) is 48.8 Å². The molecule has 2 N–H and O–H groups in total. The number of hydrogen-bond acceptors (Lipinski definition) is 6. The quantitative estimate of drug-likeness (QED) is 0.0890. The maximum absolute atomic E-state index is 13.6. The number of carbonyl (C=O) groups is 1. The molecule has 0 unspecified atom stereocenters. The van der Waals surface area contributed by atoms with Crippen molar-refractivity contribution in [1.29, 1.82) is 0 Å². The van der Waals surface area contributed by atoms with Gasteiger partial charge in [0.2, 0.25) is 5.69 Å². The van der Waals surface area contributed by atoms with E-state index in [1.54, 1.807) is 42.5 Å². The van der Waals surface area contributed by atoms with Crippen LogP contribution in [0.2, 0.25) is 0 Å². The van der Waals surface area contributed by atoms with E-state index in [-0.39, 0.29) is 11.6 Å². The number of carbonyl (C=O) groups excluding carboxylic acids is 1. The van der Waals surface area contributed by atoms with Crippen molar-refractivity contribution in [2.45, 2.75) is 45.1 Å². The number of aromatic nitrogens is 1. The summed E-state index contributed by atoms with van der Waals surface area (Å²) in [5.74, 6) is 1.38. The summed E-state index contributed by atoms with van der Waals surface area (Å²) in [6.07, 6.45) is 7.65. The summed E-state index contributed by atoms with van der Waals surface area (Å²) in [5, 5.41) is 25.8. The Balaban J connectivity index is 1.16. The summed E-state index contributed by atoms with van der Waals surface area (Å²) in [6.45, 7) is 5.79. The smallest absolute Gasteiger partial charge is 0.251 e. The highest BCUT2D eigenvalue weighted by Gasteiger charge is 2.27. The lowest BCUT2D eigenvalue weighted by Gasteiger charge is -2.25. The number of fused-ring (bicyclic) bond motifs is 1. The molecule has 1 atom stereocenters. The molecule has 8 nitrogen and oxygen atoms in total. The summed E-state index contributed by atoms with van der Waals surface area (Å²) < 4.78 is 12.1. The molecule has 1 aliphatic heterocycles. The van der Waals surface area contributed by atoms with Crippen LogP contribution in [0, 0.1) is 11.1 Å². The molecule has 1 amide bonds. The average molecular weight is 634 g/mol. The third-order valence-corrected chi connectivity index (χ3v) is 8.76. The Morgan fingerprint density at radius 1 is 1.00 bits per heavy atom. The number of ether oxygens (including phenoxy) is 2. The van der Waals surface area contributed by atoms with Crippen LogP contribution in [-0.4, -0.2) is 43.9 Å². The fourth-order valence-electron chi connectivity index (χ4n) is 5.85. The fourth-order valence-corrected chi connectivity index (χ4v) is 5.85. The highest BCUT2D eigenvalue weighted by Crippen LogP contribution is 2.37. The molecule has 244 valence electrons. The van der Waals surface area contributed by atoms with Gasteiger partial charge in [-0.3, -0.25) is 4.79 Å². The number of aliphatic hydroxyl groups excluding tert-OH is 1. The molecule has 4 aromatic rings. The van der Waals surface area contributed by atoms with Crippen LogP contribution < -0.4 is 19.7 Å². The summed E-state index contributed by atoms with van der Waals surface area (Å²) in [7, 11) is 0. The fraction of sp³-hybridized carbons (Fsp3) is 0.333. The van der Waals surface area contributed by atoms with E-state index in [0.717, 1.165) is 60.7 Å². The Kier molecular flexibility index (Phi) is 10.5. The SMILES string of the molecule is CCCCOCCOc1ccc(-c2ccc3c(c2)C=C(C(=O)Nc2ccc([C@H](O)c4cccc[n+]4[O-])cc2)CCN3CC2CC2)cc1. The molecule has 1 fully saturated rings. The zero-order chi connectivity index (χ0) is 32.6. The van der Waals surface area contributed by atoms with Crippen LogP contribution in [0.1, 0.15) is 62.0 Å². The zero-order valence-electron chi connectivity index (χ0n) is 26.9. The van der Waals surface area contributed by atoms with Gasteiger partial charge in [0.05, 0.1) is 6.61 Å². The predicted molar refractivity (Wildman–Crippen MR) is 185 cm³/mol. The third-order valence-electron chi connectivity index (χ3n) is 8.76. The maximum atomic E-state index is 13.6. The molecule has 6 rings (SSSR count). The molecule has 0 spiro atoms. The van der Waals surface area contributed by atoms with E-state index in [4.69, 9.17) is 9.47 Å². The highest BCUT2D eigenvalue weighted by atomic mass is 16.5. The number of benzene rings is 3. The number of nitrogens with zero attached hydrogens (tertiary/aromatic N) is 2. The number of rotatable bonds is 14. The van der Waals surface area contributed by atoms with E-state index in [2.05, 4.69) is 47.5 Å². The molecule has 1 aromatic heterocycles. The minimum atomic E-state index is -1.06. The molecule has 0 bridgehead atoms.